The highest BCUT2D eigenvalue weighted by Gasteiger charge is 2.31. The number of hydrogen-bond donors (Lipinski definition) is 1. The van der Waals surface area contributed by atoms with E-state index in [1.54, 1.807) is 19.9 Å². The lowest BCUT2D eigenvalue weighted by atomic mass is 10.2. The van der Waals surface area contributed by atoms with Gasteiger partial charge in [-0.2, -0.15) is 0 Å². The van der Waals surface area contributed by atoms with Gasteiger partial charge in [0.15, 0.2) is 0 Å². The van der Waals surface area contributed by atoms with Crippen molar-refractivity contribution < 1.29 is 8.42 Å². The van der Waals surface area contributed by atoms with Crippen molar-refractivity contribution in [3.05, 3.63) is 17.5 Å². The summed E-state index contributed by atoms with van der Waals surface area (Å²) in [5, 5.41) is 2.80. The van der Waals surface area contributed by atoms with E-state index in [1.807, 2.05) is 0 Å². The van der Waals surface area contributed by atoms with Gasteiger partial charge in [0.05, 0.1) is 5.25 Å². The summed E-state index contributed by atoms with van der Waals surface area (Å²) in [5.41, 5.74) is 1.40. The van der Waals surface area contributed by atoms with E-state index < -0.39 is 9.84 Å². The smallest absolute Gasteiger partial charge is 0.247 e. The Morgan fingerprint density at radius 3 is 2.24 bits per heavy atom. The van der Waals surface area contributed by atoms with Crippen molar-refractivity contribution in [3.8, 4) is 0 Å². The molecule has 1 aromatic heterocycles. The van der Waals surface area contributed by atoms with Gasteiger partial charge in [0.1, 0.15) is 0 Å². The third kappa shape index (κ3) is 2.63. The molecule has 0 unspecified atom stereocenters. The summed E-state index contributed by atoms with van der Waals surface area (Å²) in [6.45, 7) is 5.07. The number of rotatable bonds is 2. The van der Waals surface area contributed by atoms with Crippen LogP contribution in [0.2, 0.25) is 0 Å². The van der Waals surface area contributed by atoms with Crippen molar-refractivity contribution in [2.45, 2.75) is 37.1 Å². The summed E-state index contributed by atoms with van der Waals surface area (Å²) in [6, 6.07) is 1.78. The molecule has 5 nitrogen and oxygen atoms in total. The van der Waals surface area contributed by atoms with E-state index in [4.69, 9.17) is 0 Å². The number of piperidine rings is 1. The van der Waals surface area contributed by atoms with E-state index in [0.29, 0.717) is 24.2 Å². The Morgan fingerprint density at radius 1 is 1.18 bits per heavy atom. The monoisotopic (exact) mass is 255 g/mol. The third-order valence-electron chi connectivity index (χ3n) is 2.94. The average molecular weight is 255 g/mol. The van der Waals surface area contributed by atoms with Gasteiger partial charge in [0.25, 0.3) is 0 Å². The molecule has 0 aliphatic carbocycles. The molecule has 17 heavy (non-hydrogen) atoms. The van der Waals surface area contributed by atoms with Crippen molar-refractivity contribution in [1.82, 2.24) is 15.3 Å². The Hall–Kier alpha value is -1.01. The highest BCUT2D eigenvalue weighted by atomic mass is 32.2. The van der Waals surface area contributed by atoms with Crippen LogP contribution in [-0.4, -0.2) is 36.7 Å². The second-order valence-electron chi connectivity index (χ2n) is 4.43. The van der Waals surface area contributed by atoms with Crippen LogP contribution in [0.25, 0.3) is 0 Å². The predicted octanol–water partition coefficient (Wildman–Crippen LogP) is 0.619. The van der Waals surface area contributed by atoms with Crippen LogP contribution in [0.15, 0.2) is 11.2 Å². The van der Waals surface area contributed by atoms with Crippen molar-refractivity contribution in [2.24, 2.45) is 0 Å². The third-order valence-corrected chi connectivity index (χ3v) is 4.98. The number of aromatic nitrogens is 2. The highest BCUT2D eigenvalue weighted by molar-refractivity contribution is 7.91. The standard InChI is InChI=1S/C11H17N3O2S/c1-8-7-9(2)14-11(13-8)17(15,16)10-3-5-12-6-4-10/h7,10,12H,3-6H2,1-2H3. The molecule has 6 heteroatoms. The minimum Gasteiger partial charge on any atom is -0.317 e. The molecule has 1 aliphatic heterocycles. The summed E-state index contributed by atoms with van der Waals surface area (Å²) in [7, 11) is -3.37. The van der Waals surface area contributed by atoms with Crippen LogP contribution in [0.1, 0.15) is 24.2 Å². The van der Waals surface area contributed by atoms with Crippen LogP contribution in [0, 0.1) is 13.8 Å². The lowest BCUT2D eigenvalue weighted by Crippen LogP contribution is -2.36. The van der Waals surface area contributed by atoms with Crippen LogP contribution in [0.3, 0.4) is 0 Å². The average Bonchev–Trinajstić information content (AvgIpc) is 2.29. The lowest BCUT2D eigenvalue weighted by Gasteiger charge is -2.21. The molecule has 0 spiro atoms. The Labute approximate surface area is 102 Å². The zero-order valence-electron chi connectivity index (χ0n) is 10.1. The maximum Gasteiger partial charge on any atom is 0.247 e. The summed E-state index contributed by atoms with van der Waals surface area (Å²) in [4.78, 5) is 8.12. The quantitative estimate of drug-likeness (QED) is 0.784. The van der Waals surface area contributed by atoms with E-state index >= 15 is 0 Å². The Balaban J connectivity index is 2.36. The fourth-order valence-electron chi connectivity index (χ4n) is 2.08. The van der Waals surface area contributed by atoms with Crippen molar-refractivity contribution in [2.75, 3.05) is 13.1 Å². The van der Waals surface area contributed by atoms with Crippen LogP contribution in [-0.2, 0) is 9.84 Å². The normalized spacial score (nSPS) is 18.2. The molecule has 94 valence electrons. The SMILES string of the molecule is Cc1cc(C)nc(S(=O)(=O)C2CCNCC2)n1. The van der Waals surface area contributed by atoms with Crippen LogP contribution in [0.4, 0.5) is 0 Å². The van der Waals surface area contributed by atoms with Crippen molar-refractivity contribution >= 4 is 9.84 Å². The molecule has 1 N–H and O–H groups in total. The first-order chi connectivity index (χ1) is 8.00. The summed E-state index contributed by atoms with van der Waals surface area (Å²) in [6.07, 6.45) is 1.28. The fourth-order valence-corrected chi connectivity index (χ4v) is 3.77. The Bertz CT molecular complexity index is 487. The lowest BCUT2D eigenvalue weighted by molar-refractivity contribution is 0.492. The van der Waals surface area contributed by atoms with E-state index in [0.717, 1.165) is 13.1 Å². The van der Waals surface area contributed by atoms with E-state index in [-0.39, 0.29) is 10.4 Å². The van der Waals surface area contributed by atoms with E-state index in [1.165, 1.54) is 0 Å². The molecule has 2 rings (SSSR count). The van der Waals surface area contributed by atoms with Crippen molar-refractivity contribution in [1.29, 1.82) is 0 Å². The minimum absolute atomic E-state index is 0.0121. The Kier molecular flexibility index (Phi) is 3.44. The topological polar surface area (TPSA) is 72.0 Å². The number of aryl methyl sites for hydroxylation is 2. The van der Waals surface area contributed by atoms with Gasteiger partial charge in [-0.05, 0) is 45.8 Å². The molecule has 1 saturated heterocycles. The summed E-state index contributed by atoms with van der Waals surface area (Å²) < 4.78 is 24.7. The van der Waals surface area contributed by atoms with E-state index in [2.05, 4.69) is 15.3 Å². The van der Waals surface area contributed by atoms with Gasteiger partial charge in [-0.1, -0.05) is 0 Å². The molecule has 0 atom stereocenters. The molecule has 2 heterocycles. The Morgan fingerprint density at radius 2 is 1.71 bits per heavy atom. The van der Waals surface area contributed by atoms with Gasteiger partial charge >= 0.3 is 0 Å². The molecule has 0 amide bonds. The van der Waals surface area contributed by atoms with Crippen LogP contribution >= 0.6 is 0 Å². The molecule has 1 aromatic rings. The van der Waals surface area contributed by atoms with Crippen LogP contribution in [0.5, 0.6) is 0 Å². The molecule has 1 aliphatic rings. The molecule has 0 bridgehead atoms. The zero-order chi connectivity index (χ0) is 12.5. The van der Waals surface area contributed by atoms with Crippen molar-refractivity contribution in [3.63, 3.8) is 0 Å². The van der Waals surface area contributed by atoms with E-state index in [9.17, 15) is 8.42 Å². The zero-order valence-corrected chi connectivity index (χ0v) is 10.9. The summed E-state index contributed by atoms with van der Waals surface area (Å²) >= 11 is 0. The first kappa shape index (κ1) is 12.4. The molecular weight excluding hydrogens is 238 g/mol. The fraction of sp³-hybridized carbons (Fsp3) is 0.636. The predicted molar refractivity (Wildman–Crippen MR) is 64.6 cm³/mol. The first-order valence-electron chi connectivity index (χ1n) is 5.77. The number of nitrogens with zero attached hydrogens (tertiary/aromatic N) is 2. The second kappa shape index (κ2) is 4.70. The molecule has 1 fully saturated rings. The van der Waals surface area contributed by atoms with Gasteiger partial charge in [-0.25, -0.2) is 18.4 Å². The largest absolute Gasteiger partial charge is 0.317 e. The first-order valence-corrected chi connectivity index (χ1v) is 7.31. The highest BCUT2D eigenvalue weighted by Crippen LogP contribution is 2.19. The van der Waals surface area contributed by atoms with Gasteiger partial charge in [-0.3, -0.25) is 0 Å². The van der Waals surface area contributed by atoms with Gasteiger partial charge in [0.2, 0.25) is 15.0 Å². The number of sulfone groups is 1. The molecular formula is C11H17N3O2S. The second-order valence-corrected chi connectivity index (χ2v) is 6.55. The number of hydrogen-bond acceptors (Lipinski definition) is 5. The minimum atomic E-state index is -3.37. The molecule has 0 saturated carbocycles. The summed E-state index contributed by atoms with van der Waals surface area (Å²) in [5.74, 6) is 0. The number of nitrogens with one attached hydrogen (secondary N) is 1. The van der Waals surface area contributed by atoms with Gasteiger partial charge in [-0.15, -0.1) is 0 Å². The van der Waals surface area contributed by atoms with Crippen LogP contribution < -0.4 is 5.32 Å². The van der Waals surface area contributed by atoms with Gasteiger partial charge < -0.3 is 5.32 Å². The maximum absolute atomic E-state index is 12.3. The molecule has 0 radical (unpaired) electrons. The molecule has 0 aromatic carbocycles. The maximum atomic E-state index is 12.3. The van der Waals surface area contributed by atoms with Gasteiger partial charge in [0, 0.05) is 11.4 Å².